The van der Waals surface area contributed by atoms with E-state index in [1.807, 2.05) is 11.8 Å². The van der Waals surface area contributed by atoms with Crippen LogP contribution < -0.4 is 15.4 Å². The summed E-state index contributed by atoms with van der Waals surface area (Å²) in [6.45, 7) is 2.89. The van der Waals surface area contributed by atoms with Gasteiger partial charge in [-0.05, 0) is 49.9 Å². The first-order chi connectivity index (χ1) is 19.3. The maximum Gasteiger partial charge on any atom is 0.322 e. The van der Waals surface area contributed by atoms with Crippen molar-refractivity contribution in [1.29, 1.82) is 0 Å². The fourth-order valence-corrected chi connectivity index (χ4v) is 4.48. The number of carbonyl (C=O) groups excluding carboxylic acids is 2. The molecule has 1 unspecified atom stereocenters. The molecular weight excluding hydrogens is 541 g/mol. The number of carbonyl (C=O) groups is 2. The van der Waals surface area contributed by atoms with Crippen LogP contribution in [0.2, 0.25) is 5.02 Å². The van der Waals surface area contributed by atoms with E-state index in [0.717, 1.165) is 12.8 Å². The van der Waals surface area contributed by atoms with Gasteiger partial charge in [-0.3, -0.25) is 14.5 Å². The Morgan fingerprint density at radius 2 is 2.10 bits per heavy atom. The van der Waals surface area contributed by atoms with Gasteiger partial charge in [0.05, 0.1) is 35.4 Å². The van der Waals surface area contributed by atoms with E-state index in [4.69, 9.17) is 25.8 Å². The van der Waals surface area contributed by atoms with Crippen LogP contribution in [0, 0.1) is 11.7 Å². The highest BCUT2D eigenvalue weighted by Crippen LogP contribution is 2.36. The molecule has 12 heteroatoms. The number of fused-ring (bicyclic) bond motifs is 1. The van der Waals surface area contributed by atoms with E-state index in [9.17, 15) is 14.0 Å². The second-order valence-corrected chi connectivity index (χ2v) is 10.2. The molecule has 2 heterocycles. The van der Waals surface area contributed by atoms with Crippen molar-refractivity contribution in [2.75, 3.05) is 37.4 Å². The van der Waals surface area contributed by atoms with Crippen molar-refractivity contribution in [3.63, 3.8) is 0 Å². The molecule has 1 aliphatic carbocycles. The molecule has 5 rings (SSSR count). The zero-order chi connectivity index (χ0) is 28.2. The van der Waals surface area contributed by atoms with Gasteiger partial charge in [0, 0.05) is 36.9 Å². The maximum atomic E-state index is 13.6. The number of esters is 1. The van der Waals surface area contributed by atoms with Crippen molar-refractivity contribution in [3.05, 3.63) is 59.7 Å². The second kappa shape index (κ2) is 12.2. The first kappa shape index (κ1) is 27.8. The number of ether oxygens (including phenoxy) is 3. The fourth-order valence-electron chi connectivity index (χ4n) is 4.30. The van der Waals surface area contributed by atoms with E-state index >= 15 is 0 Å². The van der Waals surface area contributed by atoms with Crippen molar-refractivity contribution in [3.8, 4) is 5.75 Å². The van der Waals surface area contributed by atoms with Crippen molar-refractivity contribution in [2.45, 2.75) is 32.1 Å². The summed E-state index contributed by atoms with van der Waals surface area (Å²) in [6, 6.07) is 7.60. The van der Waals surface area contributed by atoms with Crippen molar-refractivity contribution in [2.24, 2.45) is 5.92 Å². The van der Waals surface area contributed by atoms with Crippen LogP contribution in [0.25, 0.3) is 10.9 Å². The Hall–Kier alpha value is -3.80. The fraction of sp³-hybridized carbons (Fsp3) is 0.357. The highest BCUT2D eigenvalue weighted by molar-refractivity contribution is 6.31. The minimum Gasteiger partial charge on any atom is -0.491 e. The number of hydrogen-bond acceptors (Lipinski definition) is 9. The molecular formula is C28H29ClFN5O5. The number of benzene rings is 2. The molecule has 10 nitrogen and oxygen atoms in total. The number of rotatable bonds is 10. The van der Waals surface area contributed by atoms with Crippen LogP contribution in [0.15, 0.2) is 48.8 Å². The number of methoxy groups -OCH3 is 1. The highest BCUT2D eigenvalue weighted by atomic mass is 35.5. The zero-order valence-corrected chi connectivity index (χ0v) is 22.8. The average molecular weight is 570 g/mol. The van der Waals surface area contributed by atoms with Crippen molar-refractivity contribution >= 4 is 51.6 Å². The number of nitrogens with one attached hydrogen (secondary N) is 2. The molecule has 0 spiro atoms. The zero-order valence-electron chi connectivity index (χ0n) is 22.0. The van der Waals surface area contributed by atoms with Gasteiger partial charge in [-0.1, -0.05) is 17.7 Å². The lowest BCUT2D eigenvalue weighted by Crippen LogP contribution is -2.52. The van der Waals surface area contributed by atoms with E-state index in [0.29, 0.717) is 52.9 Å². The monoisotopic (exact) mass is 569 g/mol. The van der Waals surface area contributed by atoms with E-state index in [1.165, 1.54) is 31.6 Å². The van der Waals surface area contributed by atoms with Crippen LogP contribution in [0.4, 0.5) is 21.6 Å². The Morgan fingerprint density at radius 1 is 1.27 bits per heavy atom. The molecule has 1 saturated heterocycles. The molecule has 0 radical (unpaired) electrons. The number of nitrogens with zero attached hydrogens (tertiary/aromatic N) is 3. The third-order valence-electron chi connectivity index (χ3n) is 6.74. The molecule has 3 aromatic rings. The van der Waals surface area contributed by atoms with Crippen LogP contribution in [0.5, 0.6) is 5.75 Å². The smallest absolute Gasteiger partial charge is 0.322 e. The predicted molar refractivity (Wildman–Crippen MR) is 148 cm³/mol. The SMILES string of the molecule is COC1OC(=O)CN(CC=CC(=O)Nc2cc3c(Nc4ccc(F)c(Cl)c4)ncnc3cc2OCC2CC2)[C@@H]1C. The van der Waals surface area contributed by atoms with Crippen LogP contribution in [-0.2, 0) is 19.1 Å². The van der Waals surface area contributed by atoms with Gasteiger partial charge >= 0.3 is 5.97 Å². The molecule has 0 bridgehead atoms. The number of aromatic nitrogens is 2. The Morgan fingerprint density at radius 3 is 2.85 bits per heavy atom. The summed E-state index contributed by atoms with van der Waals surface area (Å²) in [5, 5.41) is 6.63. The van der Waals surface area contributed by atoms with Gasteiger partial charge in [0.15, 0.2) is 0 Å². The average Bonchev–Trinajstić information content (AvgIpc) is 3.76. The minimum absolute atomic E-state index is 0.0209. The number of anilines is 3. The maximum absolute atomic E-state index is 13.6. The van der Waals surface area contributed by atoms with Gasteiger partial charge in [-0.2, -0.15) is 0 Å². The largest absolute Gasteiger partial charge is 0.491 e. The van der Waals surface area contributed by atoms with Crippen LogP contribution in [0.3, 0.4) is 0 Å². The Kier molecular flexibility index (Phi) is 8.43. The molecule has 1 amide bonds. The number of hydrogen-bond donors (Lipinski definition) is 2. The van der Waals surface area contributed by atoms with Gasteiger partial charge in [0.2, 0.25) is 12.2 Å². The van der Waals surface area contributed by atoms with E-state index in [2.05, 4.69) is 20.6 Å². The predicted octanol–water partition coefficient (Wildman–Crippen LogP) is 4.67. The number of halogens is 2. The van der Waals surface area contributed by atoms with E-state index < -0.39 is 12.1 Å². The van der Waals surface area contributed by atoms with Crippen molar-refractivity contribution in [1.82, 2.24) is 14.9 Å². The Balaban J connectivity index is 1.36. The lowest BCUT2D eigenvalue weighted by molar-refractivity contribution is -0.202. The van der Waals surface area contributed by atoms with Gasteiger partial charge in [0.1, 0.15) is 23.7 Å². The summed E-state index contributed by atoms with van der Waals surface area (Å²) < 4.78 is 30.1. The molecule has 2 aliphatic rings. The molecule has 1 aromatic heterocycles. The van der Waals surface area contributed by atoms with Gasteiger partial charge in [-0.15, -0.1) is 0 Å². The first-order valence-electron chi connectivity index (χ1n) is 12.9. The molecule has 2 atom stereocenters. The second-order valence-electron chi connectivity index (χ2n) is 9.75. The third-order valence-corrected chi connectivity index (χ3v) is 7.03. The summed E-state index contributed by atoms with van der Waals surface area (Å²) in [6.07, 6.45) is 6.06. The summed E-state index contributed by atoms with van der Waals surface area (Å²) in [5.41, 5.74) is 1.59. The van der Waals surface area contributed by atoms with Crippen LogP contribution in [-0.4, -0.2) is 65.9 Å². The molecule has 210 valence electrons. The topological polar surface area (TPSA) is 115 Å². The summed E-state index contributed by atoms with van der Waals surface area (Å²) in [5.74, 6) is 0.161. The standard InChI is InChI=1S/C28H29ClFN5O5/c1-16-28(38-2)40-26(37)13-35(16)9-3-4-25(36)34-23-11-19-22(12-24(23)39-14-17-5-6-17)31-15-32-27(19)33-18-7-8-21(30)20(29)10-18/h3-4,7-8,10-12,15-17,28H,5-6,9,13-14H2,1-2H3,(H,34,36)(H,31,32,33)/t16-,28?/m1/s1. The van der Waals surface area contributed by atoms with Crippen LogP contribution in [0.1, 0.15) is 19.8 Å². The Bertz CT molecular complexity index is 1450. The highest BCUT2D eigenvalue weighted by Gasteiger charge is 2.33. The van der Waals surface area contributed by atoms with Crippen molar-refractivity contribution < 1.29 is 28.2 Å². The molecule has 1 saturated carbocycles. The molecule has 40 heavy (non-hydrogen) atoms. The normalized spacial score (nSPS) is 19.6. The lowest BCUT2D eigenvalue weighted by Gasteiger charge is -2.36. The summed E-state index contributed by atoms with van der Waals surface area (Å²) in [4.78, 5) is 35.3. The minimum atomic E-state index is -0.664. The van der Waals surface area contributed by atoms with Gasteiger partial charge in [-0.25, -0.2) is 14.4 Å². The van der Waals surface area contributed by atoms with Crippen LogP contribution >= 0.6 is 11.6 Å². The third kappa shape index (κ3) is 6.67. The molecule has 2 N–H and O–H groups in total. The first-order valence-corrected chi connectivity index (χ1v) is 13.3. The summed E-state index contributed by atoms with van der Waals surface area (Å²) >= 11 is 5.94. The van der Waals surface area contributed by atoms with Gasteiger partial charge in [0.25, 0.3) is 0 Å². The number of cyclic esters (lactones) is 1. The summed E-state index contributed by atoms with van der Waals surface area (Å²) in [7, 11) is 1.48. The number of amides is 1. The molecule has 2 aromatic carbocycles. The molecule has 1 aliphatic heterocycles. The van der Waals surface area contributed by atoms with Gasteiger partial charge < -0.3 is 24.8 Å². The quantitative estimate of drug-likeness (QED) is 0.265. The van der Waals surface area contributed by atoms with E-state index in [-0.39, 0.29) is 29.5 Å². The Labute approximate surface area is 235 Å². The lowest BCUT2D eigenvalue weighted by atomic mass is 10.1. The molecule has 2 fully saturated rings. The van der Waals surface area contributed by atoms with E-state index in [1.54, 1.807) is 24.3 Å². The number of morpholine rings is 1.